The van der Waals surface area contributed by atoms with E-state index in [2.05, 4.69) is 5.32 Å². The van der Waals surface area contributed by atoms with E-state index in [0.717, 1.165) is 0 Å². The number of fused-ring (bicyclic) bond motifs is 1. The Hall–Kier alpha value is -1.42. The molecule has 9 heteroatoms. The summed E-state index contributed by atoms with van der Waals surface area (Å²) in [5.74, 6) is -0.382. The lowest BCUT2D eigenvalue weighted by atomic mass is 10.1. The molecule has 0 saturated heterocycles. The number of nitrogens with one attached hydrogen (secondary N) is 1. The molecule has 0 fully saturated rings. The summed E-state index contributed by atoms with van der Waals surface area (Å²) < 4.78 is 30.3. The molecule has 7 nitrogen and oxygen atoms in total. The summed E-state index contributed by atoms with van der Waals surface area (Å²) in [6.45, 7) is 4.42. The van der Waals surface area contributed by atoms with Gasteiger partial charge in [0.15, 0.2) is 0 Å². The lowest BCUT2D eigenvalue weighted by molar-refractivity contribution is 0.0652. The monoisotopic (exact) mass is 372 g/mol. The molecule has 1 heterocycles. The first kappa shape index (κ1) is 18.9. The van der Waals surface area contributed by atoms with Crippen molar-refractivity contribution in [1.29, 1.82) is 0 Å². The van der Waals surface area contributed by atoms with E-state index < -0.39 is 14.7 Å². The van der Waals surface area contributed by atoms with Crippen molar-refractivity contribution in [1.82, 2.24) is 10.2 Å². The molecule has 132 valence electrons. The van der Waals surface area contributed by atoms with Gasteiger partial charge >= 0.3 is 9.15 Å². The third-order valence-electron chi connectivity index (χ3n) is 3.61. The molecular weight excluding hydrogens is 352 g/mol. The molecule has 0 radical (unpaired) electrons. The van der Waals surface area contributed by atoms with E-state index in [1.807, 2.05) is 13.8 Å². The molecule has 2 N–H and O–H groups in total. The van der Waals surface area contributed by atoms with Gasteiger partial charge in [0.25, 0.3) is 11.8 Å². The third kappa shape index (κ3) is 4.79. The van der Waals surface area contributed by atoms with Crippen LogP contribution in [0.4, 0.5) is 0 Å². The minimum absolute atomic E-state index is 0.179. The van der Waals surface area contributed by atoms with E-state index in [4.69, 9.17) is 4.55 Å². The molecule has 1 aromatic carbocycles. The van der Waals surface area contributed by atoms with Crippen molar-refractivity contribution in [2.75, 3.05) is 18.8 Å². The second-order valence-corrected chi connectivity index (χ2v) is 9.51. The molecule has 1 aromatic rings. The standard InChI is InChI=1S/C15H20N2O5S2/c1-15(2,10-23-24(20,21)22)16-8-5-9-17-13(18)11-6-3-4-7-12(11)14(17)19/h3-4,6-7,16H,5,8-10H2,1-2H3,(H,20,21,22). The molecular formula is C15H20N2O5S2. The van der Waals surface area contributed by atoms with E-state index in [1.54, 1.807) is 24.3 Å². The molecule has 1 aliphatic heterocycles. The van der Waals surface area contributed by atoms with Crippen molar-refractivity contribution in [2.45, 2.75) is 25.8 Å². The number of amides is 2. The maximum Gasteiger partial charge on any atom is 0.319 e. The maximum absolute atomic E-state index is 12.2. The van der Waals surface area contributed by atoms with Crippen LogP contribution in [0, 0.1) is 0 Å². The number of hydrogen-bond acceptors (Lipinski definition) is 6. The SMILES string of the molecule is CC(C)(CSS(=O)(=O)O)NCCCN1C(=O)c2ccccc2C1=O. The van der Waals surface area contributed by atoms with Crippen LogP contribution in [0.3, 0.4) is 0 Å². The molecule has 0 unspecified atom stereocenters. The Bertz CT molecular complexity index is 711. The fourth-order valence-corrected chi connectivity index (χ4v) is 4.26. The van der Waals surface area contributed by atoms with Crippen molar-refractivity contribution in [3.63, 3.8) is 0 Å². The Labute approximate surface area is 144 Å². The average molecular weight is 372 g/mol. The summed E-state index contributed by atoms with van der Waals surface area (Å²) in [6, 6.07) is 6.74. The average Bonchev–Trinajstić information content (AvgIpc) is 2.74. The van der Waals surface area contributed by atoms with Crippen LogP contribution in [0.1, 0.15) is 41.0 Å². The number of benzene rings is 1. The van der Waals surface area contributed by atoms with E-state index in [9.17, 15) is 18.0 Å². The van der Waals surface area contributed by atoms with Gasteiger partial charge in [-0.3, -0.25) is 19.0 Å². The van der Waals surface area contributed by atoms with Gasteiger partial charge < -0.3 is 5.32 Å². The fraction of sp³-hybridized carbons (Fsp3) is 0.467. The lowest BCUT2D eigenvalue weighted by Crippen LogP contribution is -2.43. The Kier molecular flexibility index (Phi) is 5.69. The predicted octanol–water partition coefficient (Wildman–Crippen LogP) is 1.58. The number of imide groups is 1. The highest BCUT2D eigenvalue weighted by molar-refractivity contribution is 8.69. The summed E-state index contributed by atoms with van der Waals surface area (Å²) in [6.07, 6.45) is 0.547. The molecule has 0 aliphatic carbocycles. The van der Waals surface area contributed by atoms with E-state index in [0.29, 0.717) is 41.4 Å². The zero-order valence-electron chi connectivity index (χ0n) is 13.5. The first-order valence-corrected chi connectivity index (χ1v) is 10.4. The molecule has 0 bridgehead atoms. The highest BCUT2D eigenvalue weighted by Gasteiger charge is 2.34. The van der Waals surface area contributed by atoms with Crippen molar-refractivity contribution in [3.8, 4) is 0 Å². The fourth-order valence-electron chi connectivity index (χ4n) is 2.38. The van der Waals surface area contributed by atoms with Gasteiger partial charge in [0.2, 0.25) is 0 Å². The molecule has 0 aromatic heterocycles. The zero-order chi connectivity index (χ0) is 18.0. The summed E-state index contributed by atoms with van der Waals surface area (Å²) >= 11 is 0. The lowest BCUT2D eigenvalue weighted by Gasteiger charge is -2.25. The predicted molar refractivity (Wildman–Crippen MR) is 92.5 cm³/mol. The quantitative estimate of drug-likeness (QED) is 0.309. The Morgan fingerprint density at radius 1 is 1.17 bits per heavy atom. The second-order valence-electron chi connectivity index (χ2n) is 6.16. The Morgan fingerprint density at radius 2 is 1.71 bits per heavy atom. The second kappa shape index (κ2) is 7.22. The topological polar surface area (TPSA) is 104 Å². The van der Waals surface area contributed by atoms with Gasteiger partial charge in [-0.15, -0.1) is 0 Å². The van der Waals surface area contributed by atoms with Crippen LogP contribution < -0.4 is 5.32 Å². The largest absolute Gasteiger partial charge is 0.319 e. The number of hydrogen-bond donors (Lipinski definition) is 2. The third-order valence-corrected chi connectivity index (χ3v) is 5.99. The van der Waals surface area contributed by atoms with Crippen LogP contribution >= 0.6 is 10.8 Å². The van der Waals surface area contributed by atoms with Gasteiger partial charge in [-0.25, -0.2) is 0 Å². The van der Waals surface area contributed by atoms with Crippen LogP contribution in [0.5, 0.6) is 0 Å². The molecule has 24 heavy (non-hydrogen) atoms. The Morgan fingerprint density at radius 3 is 2.21 bits per heavy atom. The van der Waals surface area contributed by atoms with Gasteiger partial charge in [-0.05, 0) is 49.7 Å². The number of carbonyl (C=O) groups is 2. The van der Waals surface area contributed by atoms with Crippen LogP contribution in [0.25, 0.3) is 0 Å². The smallest absolute Gasteiger partial charge is 0.311 e. The van der Waals surface area contributed by atoms with Gasteiger partial charge in [-0.1, -0.05) is 12.1 Å². The summed E-state index contributed by atoms with van der Waals surface area (Å²) in [5, 5.41) is 3.16. The molecule has 0 saturated carbocycles. The van der Waals surface area contributed by atoms with Crippen molar-refractivity contribution in [2.24, 2.45) is 0 Å². The maximum atomic E-state index is 12.2. The highest BCUT2D eigenvalue weighted by Crippen LogP contribution is 2.22. The number of carbonyl (C=O) groups excluding carboxylic acids is 2. The van der Waals surface area contributed by atoms with Gasteiger partial charge in [0.1, 0.15) is 0 Å². The minimum atomic E-state index is -4.07. The van der Waals surface area contributed by atoms with E-state index >= 15 is 0 Å². The van der Waals surface area contributed by atoms with Crippen molar-refractivity contribution in [3.05, 3.63) is 35.4 Å². The van der Waals surface area contributed by atoms with Gasteiger partial charge in [0, 0.05) is 17.8 Å². The zero-order valence-corrected chi connectivity index (χ0v) is 15.1. The molecule has 0 atom stereocenters. The van der Waals surface area contributed by atoms with Crippen molar-refractivity contribution >= 4 is 31.8 Å². The Balaban J connectivity index is 1.81. The van der Waals surface area contributed by atoms with E-state index in [1.165, 1.54) is 4.90 Å². The minimum Gasteiger partial charge on any atom is -0.311 e. The van der Waals surface area contributed by atoms with Crippen LogP contribution in [0.2, 0.25) is 0 Å². The highest BCUT2D eigenvalue weighted by atomic mass is 33.1. The van der Waals surface area contributed by atoms with E-state index in [-0.39, 0.29) is 17.6 Å². The first-order valence-electron chi connectivity index (χ1n) is 7.43. The van der Waals surface area contributed by atoms with Gasteiger partial charge in [0.05, 0.1) is 11.1 Å². The molecule has 0 spiro atoms. The molecule has 2 amide bonds. The van der Waals surface area contributed by atoms with Crippen LogP contribution in [-0.4, -0.2) is 54.1 Å². The van der Waals surface area contributed by atoms with Crippen LogP contribution in [-0.2, 0) is 9.15 Å². The first-order chi connectivity index (χ1) is 11.1. The van der Waals surface area contributed by atoms with Crippen LogP contribution in [0.15, 0.2) is 24.3 Å². The van der Waals surface area contributed by atoms with Gasteiger partial charge in [-0.2, -0.15) is 8.42 Å². The summed E-state index contributed by atoms with van der Waals surface area (Å²) in [5.41, 5.74) is 0.350. The number of rotatable bonds is 8. The summed E-state index contributed by atoms with van der Waals surface area (Å²) in [4.78, 5) is 25.6. The summed E-state index contributed by atoms with van der Waals surface area (Å²) in [7, 11) is -3.60. The molecule has 1 aliphatic rings. The normalized spacial score (nSPS) is 15.0. The van der Waals surface area contributed by atoms with Crippen molar-refractivity contribution < 1.29 is 22.6 Å². The number of nitrogens with zero attached hydrogens (tertiary/aromatic N) is 1. The molecule has 2 rings (SSSR count).